The number of fused-ring (bicyclic) bond motifs is 1. The standard InChI is InChI=1S/C16H15N3O/c1-2-19(16(20)12-6-4-3-5-7-12)14-8-9-15-13(10-14)11-17-18-15/h3-11H,2H2,1H3,(H,17,18). The van der Waals surface area contributed by atoms with Crippen LogP contribution in [0.5, 0.6) is 0 Å². The van der Waals surface area contributed by atoms with Gasteiger partial charge in [0.2, 0.25) is 0 Å². The lowest BCUT2D eigenvalue weighted by atomic mass is 10.1. The number of hydrogen-bond donors (Lipinski definition) is 1. The first-order chi connectivity index (χ1) is 9.79. The quantitative estimate of drug-likeness (QED) is 0.790. The molecule has 20 heavy (non-hydrogen) atoms. The highest BCUT2D eigenvalue weighted by molar-refractivity contribution is 6.06. The fourth-order valence-corrected chi connectivity index (χ4v) is 2.28. The van der Waals surface area contributed by atoms with E-state index in [0.717, 1.165) is 16.6 Å². The topological polar surface area (TPSA) is 49.0 Å². The summed E-state index contributed by atoms with van der Waals surface area (Å²) < 4.78 is 0. The predicted octanol–water partition coefficient (Wildman–Crippen LogP) is 3.23. The number of benzene rings is 2. The summed E-state index contributed by atoms with van der Waals surface area (Å²) in [6, 6.07) is 15.2. The molecule has 0 spiro atoms. The minimum absolute atomic E-state index is 0.0101. The fraction of sp³-hybridized carbons (Fsp3) is 0.125. The van der Waals surface area contributed by atoms with Crippen molar-refractivity contribution < 1.29 is 4.79 Å². The van der Waals surface area contributed by atoms with E-state index in [4.69, 9.17) is 0 Å². The Morgan fingerprint density at radius 1 is 1.20 bits per heavy atom. The van der Waals surface area contributed by atoms with Crippen LogP contribution in [0.1, 0.15) is 17.3 Å². The number of rotatable bonds is 3. The molecule has 1 N–H and O–H groups in total. The molecule has 0 aliphatic rings. The highest BCUT2D eigenvalue weighted by atomic mass is 16.2. The van der Waals surface area contributed by atoms with E-state index in [2.05, 4.69) is 10.2 Å². The lowest BCUT2D eigenvalue weighted by Crippen LogP contribution is -2.30. The lowest BCUT2D eigenvalue weighted by Gasteiger charge is -2.21. The molecule has 1 aromatic heterocycles. The van der Waals surface area contributed by atoms with Crippen LogP contribution in [0.4, 0.5) is 5.69 Å². The number of aromatic amines is 1. The second-order valence-corrected chi connectivity index (χ2v) is 4.56. The Hall–Kier alpha value is -2.62. The van der Waals surface area contributed by atoms with Crippen LogP contribution in [0.2, 0.25) is 0 Å². The summed E-state index contributed by atoms with van der Waals surface area (Å²) in [5.74, 6) is 0.0101. The zero-order valence-corrected chi connectivity index (χ0v) is 11.2. The normalized spacial score (nSPS) is 10.7. The van der Waals surface area contributed by atoms with Crippen LogP contribution in [0.15, 0.2) is 54.7 Å². The van der Waals surface area contributed by atoms with Gasteiger partial charge in [-0.15, -0.1) is 0 Å². The first-order valence-electron chi connectivity index (χ1n) is 6.59. The molecule has 0 bridgehead atoms. The van der Waals surface area contributed by atoms with E-state index >= 15 is 0 Å². The molecule has 3 aromatic rings. The maximum Gasteiger partial charge on any atom is 0.258 e. The largest absolute Gasteiger partial charge is 0.309 e. The SMILES string of the molecule is CCN(C(=O)c1ccccc1)c1ccc2[nH]ncc2c1. The van der Waals surface area contributed by atoms with E-state index in [1.165, 1.54) is 0 Å². The van der Waals surface area contributed by atoms with Crippen LogP contribution in [0, 0.1) is 0 Å². The van der Waals surface area contributed by atoms with Crippen molar-refractivity contribution in [3.63, 3.8) is 0 Å². The molecule has 0 aliphatic heterocycles. The number of aromatic nitrogens is 2. The molecule has 4 heteroatoms. The molecular weight excluding hydrogens is 250 g/mol. The van der Waals surface area contributed by atoms with E-state index in [9.17, 15) is 4.79 Å². The van der Waals surface area contributed by atoms with E-state index in [-0.39, 0.29) is 5.91 Å². The van der Waals surface area contributed by atoms with Gasteiger partial charge in [-0.3, -0.25) is 9.89 Å². The average Bonchev–Trinajstić information content (AvgIpc) is 2.96. The third-order valence-electron chi connectivity index (χ3n) is 3.32. The molecule has 3 rings (SSSR count). The van der Waals surface area contributed by atoms with Crippen molar-refractivity contribution in [2.24, 2.45) is 0 Å². The Bertz CT molecular complexity index is 734. The van der Waals surface area contributed by atoms with Gasteiger partial charge in [0.1, 0.15) is 0 Å². The van der Waals surface area contributed by atoms with Crippen molar-refractivity contribution in [3.05, 3.63) is 60.3 Å². The van der Waals surface area contributed by atoms with Gasteiger partial charge in [0.05, 0.1) is 11.7 Å². The van der Waals surface area contributed by atoms with Crippen LogP contribution in [-0.4, -0.2) is 22.6 Å². The Balaban J connectivity index is 1.98. The molecule has 0 fully saturated rings. The van der Waals surface area contributed by atoms with Gasteiger partial charge in [-0.1, -0.05) is 18.2 Å². The van der Waals surface area contributed by atoms with Crippen LogP contribution in [-0.2, 0) is 0 Å². The van der Waals surface area contributed by atoms with Gasteiger partial charge in [-0.2, -0.15) is 5.10 Å². The van der Waals surface area contributed by atoms with Crippen LogP contribution < -0.4 is 4.90 Å². The number of carbonyl (C=O) groups is 1. The van der Waals surface area contributed by atoms with E-state index in [1.807, 2.05) is 55.5 Å². The van der Waals surface area contributed by atoms with Gasteiger partial charge < -0.3 is 4.90 Å². The first kappa shape index (κ1) is 12.4. The van der Waals surface area contributed by atoms with Crippen molar-refractivity contribution in [1.82, 2.24) is 10.2 Å². The Morgan fingerprint density at radius 2 is 2.00 bits per heavy atom. The van der Waals surface area contributed by atoms with Gasteiger partial charge in [-0.25, -0.2) is 0 Å². The number of nitrogens with zero attached hydrogens (tertiary/aromatic N) is 2. The maximum absolute atomic E-state index is 12.6. The summed E-state index contributed by atoms with van der Waals surface area (Å²) in [5.41, 5.74) is 2.55. The van der Waals surface area contributed by atoms with Gasteiger partial charge >= 0.3 is 0 Å². The zero-order chi connectivity index (χ0) is 13.9. The zero-order valence-electron chi connectivity index (χ0n) is 11.2. The van der Waals surface area contributed by atoms with Crippen LogP contribution >= 0.6 is 0 Å². The lowest BCUT2D eigenvalue weighted by molar-refractivity contribution is 0.0988. The highest BCUT2D eigenvalue weighted by Gasteiger charge is 2.16. The average molecular weight is 265 g/mol. The van der Waals surface area contributed by atoms with Gasteiger partial charge in [0.15, 0.2) is 0 Å². The molecule has 0 unspecified atom stereocenters. The highest BCUT2D eigenvalue weighted by Crippen LogP contribution is 2.22. The fourth-order valence-electron chi connectivity index (χ4n) is 2.28. The van der Waals surface area contributed by atoms with Crippen molar-refractivity contribution in [3.8, 4) is 0 Å². The number of nitrogens with one attached hydrogen (secondary N) is 1. The Morgan fingerprint density at radius 3 is 2.75 bits per heavy atom. The third kappa shape index (κ3) is 2.16. The summed E-state index contributed by atoms with van der Waals surface area (Å²) in [6.07, 6.45) is 1.76. The summed E-state index contributed by atoms with van der Waals surface area (Å²) in [5, 5.41) is 7.91. The summed E-state index contributed by atoms with van der Waals surface area (Å²) in [6.45, 7) is 2.59. The molecule has 0 radical (unpaired) electrons. The molecule has 0 saturated heterocycles. The molecule has 2 aromatic carbocycles. The van der Waals surface area contributed by atoms with Gasteiger partial charge in [0.25, 0.3) is 5.91 Å². The first-order valence-corrected chi connectivity index (χ1v) is 6.59. The molecule has 4 nitrogen and oxygen atoms in total. The monoisotopic (exact) mass is 265 g/mol. The summed E-state index contributed by atoms with van der Waals surface area (Å²) in [7, 11) is 0. The molecule has 1 amide bonds. The second kappa shape index (κ2) is 5.17. The predicted molar refractivity (Wildman–Crippen MR) is 79.9 cm³/mol. The van der Waals surface area contributed by atoms with Crippen molar-refractivity contribution in [1.29, 1.82) is 0 Å². The molecule has 0 saturated carbocycles. The number of carbonyl (C=O) groups excluding carboxylic acids is 1. The van der Waals surface area contributed by atoms with E-state index < -0.39 is 0 Å². The number of amides is 1. The molecule has 0 aliphatic carbocycles. The van der Waals surface area contributed by atoms with Gasteiger partial charge in [-0.05, 0) is 37.3 Å². The molecule has 1 heterocycles. The molecule has 100 valence electrons. The van der Waals surface area contributed by atoms with Crippen molar-refractivity contribution in [2.45, 2.75) is 6.92 Å². The molecular formula is C16H15N3O. The van der Waals surface area contributed by atoms with Crippen molar-refractivity contribution in [2.75, 3.05) is 11.4 Å². The smallest absolute Gasteiger partial charge is 0.258 e. The second-order valence-electron chi connectivity index (χ2n) is 4.56. The summed E-state index contributed by atoms with van der Waals surface area (Å²) >= 11 is 0. The van der Waals surface area contributed by atoms with Crippen LogP contribution in [0.25, 0.3) is 10.9 Å². The Kier molecular flexibility index (Phi) is 3.21. The van der Waals surface area contributed by atoms with E-state index in [1.54, 1.807) is 11.1 Å². The van der Waals surface area contributed by atoms with Gasteiger partial charge in [0, 0.05) is 23.2 Å². The van der Waals surface area contributed by atoms with E-state index in [0.29, 0.717) is 12.1 Å². The Labute approximate surface area is 117 Å². The number of H-pyrrole nitrogens is 1. The number of anilines is 1. The molecule has 0 atom stereocenters. The van der Waals surface area contributed by atoms with Crippen molar-refractivity contribution >= 4 is 22.5 Å². The number of hydrogen-bond acceptors (Lipinski definition) is 2. The third-order valence-corrected chi connectivity index (χ3v) is 3.32. The minimum atomic E-state index is 0.0101. The minimum Gasteiger partial charge on any atom is -0.309 e. The maximum atomic E-state index is 12.6. The summed E-state index contributed by atoms with van der Waals surface area (Å²) in [4.78, 5) is 14.3. The van der Waals surface area contributed by atoms with Crippen LogP contribution in [0.3, 0.4) is 0 Å².